The van der Waals surface area contributed by atoms with E-state index in [9.17, 15) is 4.79 Å². The summed E-state index contributed by atoms with van der Waals surface area (Å²) in [7, 11) is 1.54. The molecular formula is C12H8BrClO2S. The van der Waals surface area contributed by atoms with Crippen LogP contribution < -0.4 is 4.74 Å². The lowest BCUT2D eigenvalue weighted by atomic mass is 10.1. The van der Waals surface area contributed by atoms with Gasteiger partial charge in [0.25, 0.3) is 0 Å². The van der Waals surface area contributed by atoms with Crippen molar-refractivity contribution in [3.05, 3.63) is 49.6 Å². The van der Waals surface area contributed by atoms with Crippen LogP contribution in [0.5, 0.6) is 5.75 Å². The Labute approximate surface area is 116 Å². The molecule has 0 aliphatic heterocycles. The van der Waals surface area contributed by atoms with E-state index in [0.29, 0.717) is 21.9 Å². The Morgan fingerprint density at radius 1 is 1.35 bits per heavy atom. The zero-order valence-corrected chi connectivity index (χ0v) is 12.0. The molecule has 0 bridgehead atoms. The minimum Gasteiger partial charge on any atom is -0.495 e. The number of ether oxygens (including phenoxy) is 1. The molecule has 5 heteroatoms. The summed E-state index contributed by atoms with van der Waals surface area (Å²) in [5.41, 5.74) is 1.21. The standard InChI is InChI=1S/C12H8BrClO2S/c1-16-10-3-2-7(4-9(10)14)12(15)8-5-11(13)17-6-8/h2-6H,1H3. The van der Waals surface area contributed by atoms with E-state index in [-0.39, 0.29) is 5.78 Å². The van der Waals surface area contributed by atoms with Crippen molar-refractivity contribution in [1.82, 2.24) is 0 Å². The van der Waals surface area contributed by atoms with Gasteiger partial charge >= 0.3 is 0 Å². The summed E-state index contributed by atoms with van der Waals surface area (Å²) in [5.74, 6) is 0.520. The summed E-state index contributed by atoms with van der Waals surface area (Å²) in [6.45, 7) is 0. The van der Waals surface area contributed by atoms with Crippen molar-refractivity contribution in [2.24, 2.45) is 0 Å². The summed E-state index contributed by atoms with van der Waals surface area (Å²) in [6.07, 6.45) is 0. The normalized spacial score (nSPS) is 10.3. The first-order chi connectivity index (χ1) is 8.11. The highest BCUT2D eigenvalue weighted by atomic mass is 79.9. The third-order valence-corrected chi connectivity index (χ3v) is 4.04. The molecule has 17 heavy (non-hydrogen) atoms. The molecule has 1 aromatic heterocycles. The average molecular weight is 332 g/mol. The number of carbonyl (C=O) groups is 1. The van der Waals surface area contributed by atoms with Crippen LogP contribution in [0.3, 0.4) is 0 Å². The van der Waals surface area contributed by atoms with Crippen molar-refractivity contribution >= 4 is 44.7 Å². The molecule has 0 aliphatic carbocycles. The number of thiophene rings is 1. The maximum atomic E-state index is 12.1. The van der Waals surface area contributed by atoms with Crippen molar-refractivity contribution < 1.29 is 9.53 Å². The van der Waals surface area contributed by atoms with Crippen LogP contribution in [-0.2, 0) is 0 Å². The van der Waals surface area contributed by atoms with Gasteiger partial charge in [0.2, 0.25) is 0 Å². The number of ketones is 1. The summed E-state index contributed by atoms with van der Waals surface area (Å²) in [6, 6.07) is 6.81. The SMILES string of the molecule is COc1ccc(C(=O)c2csc(Br)c2)cc1Cl. The highest BCUT2D eigenvalue weighted by molar-refractivity contribution is 9.11. The van der Waals surface area contributed by atoms with E-state index in [1.807, 2.05) is 5.38 Å². The average Bonchev–Trinajstić information content (AvgIpc) is 2.75. The number of hydrogen-bond acceptors (Lipinski definition) is 3. The zero-order chi connectivity index (χ0) is 12.4. The Hall–Kier alpha value is -0.840. The molecule has 88 valence electrons. The molecule has 1 aromatic carbocycles. The minimum absolute atomic E-state index is 0.0449. The van der Waals surface area contributed by atoms with Crippen LogP contribution in [0.2, 0.25) is 5.02 Å². The van der Waals surface area contributed by atoms with Gasteiger partial charge in [0.05, 0.1) is 15.9 Å². The third-order valence-electron chi connectivity index (χ3n) is 2.24. The largest absolute Gasteiger partial charge is 0.495 e. The molecule has 0 saturated carbocycles. The second-order valence-electron chi connectivity index (χ2n) is 3.32. The van der Waals surface area contributed by atoms with Gasteiger partial charge in [0.15, 0.2) is 5.78 Å². The lowest BCUT2D eigenvalue weighted by Crippen LogP contribution is -1.99. The van der Waals surface area contributed by atoms with Crippen LogP contribution in [0.4, 0.5) is 0 Å². The van der Waals surface area contributed by atoms with Crippen molar-refractivity contribution in [3.63, 3.8) is 0 Å². The molecule has 0 spiro atoms. The fourth-order valence-corrected chi connectivity index (χ4v) is 2.80. The monoisotopic (exact) mass is 330 g/mol. The van der Waals surface area contributed by atoms with Crippen molar-refractivity contribution in [3.8, 4) is 5.75 Å². The topological polar surface area (TPSA) is 26.3 Å². The van der Waals surface area contributed by atoms with E-state index in [1.54, 1.807) is 31.4 Å². The molecule has 0 aliphatic rings. The Kier molecular flexibility index (Phi) is 3.86. The van der Waals surface area contributed by atoms with Crippen LogP contribution in [0.15, 0.2) is 33.4 Å². The summed E-state index contributed by atoms with van der Waals surface area (Å²) in [5, 5.41) is 2.25. The van der Waals surface area contributed by atoms with E-state index in [1.165, 1.54) is 11.3 Å². The Morgan fingerprint density at radius 3 is 2.65 bits per heavy atom. The van der Waals surface area contributed by atoms with Crippen molar-refractivity contribution in [1.29, 1.82) is 0 Å². The second-order valence-corrected chi connectivity index (χ2v) is 6.02. The van der Waals surface area contributed by atoms with Gasteiger partial charge in [-0.15, -0.1) is 11.3 Å². The van der Waals surface area contributed by atoms with Gasteiger partial charge in [-0.1, -0.05) is 11.6 Å². The number of halogens is 2. The van der Waals surface area contributed by atoms with E-state index >= 15 is 0 Å². The van der Waals surface area contributed by atoms with E-state index in [0.717, 1.165) is 3.79 Å². The molecule has 2 nitrogen and oxygen atoms in total. The lowest BCUT2D eigenvalue weighted by molar-refractivity contribution is 0.103. The van der Waals surface area contributed by atoms with Gasteiger partial charge in [-0.05, 0) is 40.2 Å². The predicted octanol–water partition coefficient (Wildman–Crippen LogP) is 4.40. The summed E-state index contributed by atoms with van der Waals surface area (Å²) in [4.78, 5) is 12.1. The quantitative estimate of drug-likeness (QED) is 0.779. The van der Waals surface area contributed by atoms with Gasteiger partial charge in [-0.2, -0.15) is 0 Å². The molecule has 0 fully saturated rings. The maximum Gasteiger partial charge on any atom is 0.193 e. The van der Waals surface area contributed by atoms with Gasteiger partial charge in [0, 0.05) is 16.5 Å². The van der Waals surface area contributed by atoms with Gasteiger partial charge in [-0.3, -0.25) is 4.79 Å². The number of carbonyl (C=O) groups excluding carboxylic acids is 1. The molecule has 0 atom stereocenters. The Bertz CT molecular complexity index is 565. The minimum atomic E-state index is -0.0449. The van der Waals surface area contributed by atoms with Gasteiger partial charge in [0.1, 0.15) is 5.75 Å². The van der Waals surface area contributed by atoms with Crippen LogP contribution in [-0.4, -0.2) is 12.9 Å². The lowest BCUT2D eigenvalue weighted by Gasteiger charge is -2.04. The maximum absolute atomic E-state index is 12.1. The molecule has 0 saturated heterocycles. The third kappa shape index (κ3) is 2.70. The van der Waals surface area contributed by atoms with Gasteiger partial charge in [-0.25, -0.2) is 0 Å². The second kappa shape index (κ2) is 5.21. The van der Waals surface area contributed by atoms with Crippen LogP contribution in [0.1, 0.15) is 15.9 Å². The van der Waals surface area contributed by atoms with Crippen LogP contribution in [0, 0.1) is 0 Å². The van der Waals surface area contributed by atoms with Crippen molar-refractivity contribution in [2.75, 3.05) is 7.11 Å². The number of hydrogen-bond donors (Lipinski definition) is 0. The Balaban J connectivity index is 2.35. The number of rotatable bonds is 3. The first-order valence-corrected chi connectivity index (χ1v) is 6.79. The zero-order valence-electron chi connectivity index (χ0n) is 8.87. The van der Waals surface area contributed by atoms with Crippen LogP contribution >= 0.6 is 38.9 Å². The molecule has 0 N–H and O–H groups in total. The number of methoxy groups -OCH3 is 1. The van der Waals surface area contributed by atoms with Gasteiger partial charge < -0.3 is 4.74 Å². The highest BCUT2D eigenvalue weighted by Gasteiger charge is 2.12. The van der Waals surface area contributed by atoms with Crippen LogP contribution in [0.25, 0.3) is 0 Å². The molecule has 2 aromatic rings. The Morgan fingerprint density at radius 2 is 2.12 bits per heavy atom. The van der Waals surface area contributed by atoms with E-state index < -0.39 is 0 Å². The number of benzene rings is 1. The summed E-state index contributed by atoms with van der Waals surface area (Å²) < 4.78 is 5.97. The summed E-state index contributed by atoms with van der Waals surface area (Å²) >= 11 is 10.8. The molecule has 1 heterocycles. The smallest absolute Gasteiger partial charge is 0.193 e. The molecule has 0 radical (unpaired) electrons. The fourth-order valence-electron chi connectivity index (χ4n) is 1.40. The predicted molar refractivity (Wildman–Crippen MR) is 73.5 cm³/mol. The first-order valence-electron chi connectivity index (χ1n) is 4.74. The molecule has 0 unspecified atom stereocenters. The molecular weight excluding hydrogens is 324 g/mol. The van der Waals surface area contributed by atoms with Crippen molar-refractivity contribution in [2.45, 2.75) is 0 Å². The first kappa shape index (κ1) is 12.6. The highest BCUT2D eigenvalue weighted by Crippen LogP contribution is 2.27. The van der Waals surface area contributed by atoms with E-state index in [2.05, 4.69) is 15.9 Å². The molecule has 2 rings (SSSR count). The molecule has 0 amide bonds. The fraction of sp³-hybridized carbons (Fsp3) is 0.0833. The van der Waals surface area contributed by atoms with E-state index in [4.69, 9.17) is 16.3 Å².